The van der Waals surface area contributed by atoms with Crippen LogP contribution in [-0.4, -0.2) is 63.7 Å². The smallest absolute Gasteiger partial charge is 0.299 e. The Morgan fingerprint density at radius 2 is 1.97 bits per heavy atom. The van der Waals surface area contributed by atoms with Gasteiger partial charge < -0.3 is 26.1 Å². The quantitative estimate of drug-likeness (QED) is 0.145. The highest BCUT2D eigenvalue weighted by molar-refractivity contribution is 7.14. The molecule has 2 atom stereocenters. The van der Waals surface area contributed by atoms with Gasteiger partial charge in [0.05, 0.1) is 11.4 Å². The van der Waals surface area contributed by atoms with Crippen LogP contribution in [0, 0.1) is 11.8 Å². The third kappa shape index (κ3) is 5.53. The molecule has 1 unspecified atom stereocenters. The van der Waals surface area contributed by atoms with Crippen LogP contribution >= 0.6 is 11.3 Å². The van der Waals surface area contributed by atoms with Crippen molar-refractivity contribution >= 4 is 34.9 Å². The van der Waals surface area contributed by atoms with Crippen molar-refractivity contribution in [3.05, 3.63) is 69.9 Å². The molecular weight excluding hydrogens is 466 g/mol. The van der Waals surface area contributed by atoms with E-state index in [1.54, 1.807) is 24.3 Å². The summed E-state index contributed by atoms with van der Waals surface area (Å²) in [6, 6.07) is 11.3. The third-order valence-corrected chi connectivity index (χ3v) is 6.96. The summed E-state index contributed by atoms with van der Waals surface area (Å²) in [4.78, 5) is 43.4. The van der Waals surface area contributed by atoms with Gasteiger partial charge in [-0.05, 0) is 37.1 Å². The zero-order chi connectivity index (χ0) is 24.8. The molecular formula is C25H25N5O4S. The number of likely N-dealkylation sites (tertiary alicyclic amines) is 1. The summed E-state index contributed by atoms with van der Waals surface area (Å²) >= 11 is 1.30. The van der Waals surface area contributed by atoms with Gasteiger partial charge in [-0.25, -0.2) is 0 Å². The van der Waals surface area contributed by atoms with Crippen molar-refractivity contribution in [2.75, 3.05) is 13.1 Å². The molecule has 0 aliphatic carbocycles. The average molecular weight is 492 g/mol. The Morgan fingerprint density at radius 3 is 2.74 bits per heavy atom. The number of nitrogens with one attached hydrogen (secondary N) is 1. The lowest BCUT2D eigenvalue weighted by molar-refractivity contribution is -0.144. The molecule has 35 heavy (non-hydrogen) atoms. The van der Waals surface area contributed by atoms with Crippen molar-refractivity contribution in [3.63, 3.8) is 0 Å². The number of hydrogen-bond donors (Lipinski definition) is 3. The van der Waals surface area contributed by atoms with Crippen molar-refractivity contribution in [3.8, 4) is 11.8 Å². The van der Waals surface area contributed by atoms with Gasteiger partial charge in [-0.15, -0.1) is 11.3 Å². The highest BCUT2D eigenvalue weighted by atomic mass is 32.1. The fraction of sp³-hybridized carbons (Fsp3) is 0.280. The number of nitrogens with two attached hydrogens (primary N) is 1. The van der Waals surface area contributed by atoms with Gasteiger partial charge in [-0.1, -0.05) is 41.4 Å². The van der Waals surface area contributed by atoms with Gasteiger partial charge >= 0.3 is 0 Å². The highest BCUT2D eigenvalue weighted by Gasteiger charge is 2.40. The Balaban J connectivity index is 1.38. The number of amidine groups is 1. The van der Waals surface area contributed by atoms with Crippen LogP contribution in [0.5, 0.6) is 0 Å². The zero-order valence-electron chi connectivity index (χ0n) is 18.9. The first-order chi connectivity index (χ1) is 17.0. The summed E-state index contributed by atoms with van der Waals surface area (Å²) in [6.45, 7) is 1.01. The van der Waals surface area contributed by atoms with Crippen molar-refractivity contribution in [1.29, 1.82) is 0 Å². The molecule has 0 radical (unpaired) electrons. The molecule has 0 bridgehead atoms. The number of hydrogen-bond acceptors (Lipinski definition) is 6. The number of benzene rings is 1. The zero-order valence-corrected chi connectivity index (χ0v) is 19.7. The first kappa shape index (κ1) is 24.0. The van der Waals surface area contributed by atoms with Crippen molar-refractivity contribution in [2.45, 2.75) is 31.5 Å². The minimum atomic E-state index is -0.751. The van der Waals surface area contributed by atoms with Crippen LogP contribution in [0.4, 0.5) is 0 Å². The molecule has 2 aliphatic rings. The molecule has 0 spiro atoms. The van der Waals surface area contributed by atoms with Crippen LogP contribution < -0.4 is 11.1 Å². The van der Waals surface area contributed by atoms with Gasteiger partial charge in [0.25, 0.3) is 5.91 Å². The van der Waals surface area contributed by atoms with Gasteiger partial charge in [-0.2, -0.15) is 0 Å². The lowest BCUT2D eigenvalue weighted by Gasteiger charge is -2.30. The van der Waals surface area contributed by atoms with Crippen LogP contribution in [-0.2, 0) is 20.9 Å². The predicted molar refractivity (Wildman–Crippen MR) is 131 cm³/mol. The first-order valence-electron chi connectivity index (χ1n) is 11.2. The van der Waals surface area contributed by atoms with E-state index in [2.05, 4.69) is 22.3 Å². The number of nitrogens with zero attached hydrogens (tertiary/aromatic N) is 3. The Bertz CT molecular complexity index is 1230. The van der Waals surface area contributed by atoms with Gasteiger partial charge in [0.2, 0.25) is 11.8 Å². The van der Waals surface area contributed by atoms with E-state index >= 15 is 0 Å². The molecule has 4 rings (SSSR count). The fourth-order valence-electron chi connectivity index (χ4n) is 4.09. The summed E-state index contributed by atoms with van der Waals surface area (Å²) in [7, 11) is 0. The van der Waals surface area contributed by atoms with E-state index in [-0.39, 0.29) is 24.2 Å². The van der Waals surface area contributed by atoms with E-state index in [1.807, 2.05) is 30.3 Å². The number of amides is 3. The lowest BCUT2D eigenvalue weighted by Crippen LogP contribution is -2.52. The molecule has 2 aromatic rings. The van der Waals surface area contributed by atoms with Crippen LogP contribution in [0.25, 0.3) is 0 Å². The minimum Gasteiger partial charge on any atom is -0.409 e. The van der Waals surface area contributed by atoms with Gasteiger partial charge in [0.15, 0.2) is 5.84 Å². The molecule has 1 aromatic heterocycles. The second-order valence-electron chi connectivity index (χ2n) is 8.11. The summed E-state index contributed by atoms with van der Waals surface area (Å²) < 4.78 is 0. The number of thiophene rings is 1. The molecule has 3 heterocycles. The minimum absolute atomic E-state index is 0.00666. The maximum atomic E-state index is 13.4. The Kier molecular flexibility index (Phi) is 7.48. The Morgan fingerprint density at radius 1 is 1.17 bits per heavy atom. The number of carbonyl (C=O) groups excluding carboxylic acids is 3. The monoisotopic (exact) mass is 491 g/mol. The van der Waals surface area contributed by atoms with Crippen LogP contribution in [0.1, 0.15) is 28.2 Å². The second-order valence-corrected chi connectivity index (χ2v) is 9.27. The normalized spacial score (nSPS) is 19.4. The molecule has 1 saturated heterocycles. The van der Waals surface area contributed by atoms with E-state index < -0.39 is 18.0 Å². The van der Waals surface area contributed by atoms with E-state index in [0.29, 0.717) is 30.8 Å². The second kappa shape index (κ2) is 10.9. The predicted octanol–water partition coefficient (Wildman–Crippen LogP) is 1.27. The SMILES string of the molecule is N/C(=N\O)c1ccc(CNC(=O)C2C=CCN2C(=O)[C@@H]2CCCN2C(=O)C#Cc2ccccc2)s1. The maximum Gasteiger partial charge on any atom is 0.299 e. The standard InChI is InChI=1S/C25H25N5O4S/c26-23(28-34)21-12-11-18(35-21)16-27-24(32)19-8-4-15-30(19)25(33)20-9-5-14-29(20)22(31)13-10-17-6-2-1-3-7-17/h1-4,6-8,11-12,19-20,34H,5,9,14-16H2,(H2,26,28)(H,27,32)/t19?,20-/m0/s1. The maximum absolute atomic E-state index is 13.4. The summed E-state index contributed by atoms with van der Waals surface area (Å²) in [5, 5.41) is 14.6. The third-order valence-electron chi connectivity index (χ3n) is 5.85. The molecule has 10 heteroatoms. The molecule has 9 nitrogen and oxygen atoms in total. The van der Waals surface area contributed by atoms with Crippen LogP contribution in [0.2, 0.25) is 0 Å². The Labute approximate surface area is 206 Å². The van der Waals surface area contributed by atoms with E-state index in [0.717, 1.165) is 10.4 Å². The van der Waals surface area contributed by atoms with Crippen LogP contribution in [0.15, 0.2) is 59.8 Å². The van der Waals surface area contributed by atoms with Gasteiger partial charge in [0, 0.05) is 29.5 Å². The summed E-state index contributed by atoms with van der Waals surface area (Å²) in [5.74, 6) is 4.54. The Hall–Kier alpha value is -4.10. The number of oxime groups is 1. The van der Waals surface area contributed by atoms with E-state index in [9.17, 15) is 14.4 Å². The summed E-state index contributed by atoms with van der Waals surface area (Å²) in [6.07, 6.45) is 4.71. The topological polar surface area (TPSA) is 128 Å². The summed E-state index contributed by atoms with van der Waals surface area (Å²) in [5.41, 5.74) is 6.32. The average Bonchev–Trinajstić information content (AvgIpc) is 3.66. The molecule has 2 aliphatic heterocycles. The van der Waals surface area contributed by atoms with Gasteiger partial charge in [-0.3, -0.25) is 14.4 Å². The first-order valence-corrected chi connectivity index (χ1v) is 12.0. The molecule has 0 saturated carbocycles. The van der Waals surface area contributed by atoms with E-state index in [4.69, 9.17) is 10.9 Å². The largest absolute Gasteiger partial charge is 0.409 e. The molecule has 180 valence electrons. The van der Waals surface area contributed by atoms with Crippen molar-refractivity contribution in [1.82, 2.24) is 15.1 Å². The van der Waals surface area contributed by atoms with Crippen LogP contribution in [0.3, 0.4) is 0 Å². The molecule has 4 N–H and O–H groups in total. The van der Waals surface area contributed by atoms with Gasteiger partial charge in [0.1, 0.15) is 12.1 Å². The van der Waals surface area contributed by atoms with E-state index in [1.165, 1.54) is 21.1 Å². The number of carbonyl (C=O) groups is 3. The van der Waals surface area contributed by atoms with Crippen molar-refractivity contribution < 1.29 is 19.6 Å². The molecule has 1 aromatic carbocycles. The lowest BCUT2D eigenvalue weighted by atomic mass is 10.1. The highest BCUT2D eigenvalue weighted by Crippen LogP contribution is 2.23. The molecule has 1 fully saturated rings. The van der Waals surface area contributed by atoms with Crippen molar-refractivity contribution in [2.24, 2.45) is 10.9 Å². The number of rotatable bonds is 5. The molecule has 3 amide bonds. The fourth-order valence-corrected chi connectivity index (χ4v) is 4.94.